The van der Waals surface area contributed by atoms with Gasteiger partial charge in [-0.2, -0.15) is 0 Å². The third kappa shape index (κ3) is 3.63. The van der Waals surface area contributed by atoms with Gasteiger partial charge in [0.1, 0.15) is 19.0 Å². The van der Waals surface area contributed by atoms with E-state index in [2.05, 4.69) is 0 Å². The fourth-order valence-electron chi connectivity index (χ4n) is 2.90. The molecule has 0 fully saturated rings. The molecule has 2 aliphatic heterocycles. The first-order chi connectivity index (χ1) is 12.8. The molecule has 0 N–H and O–H groups in total. The van der Waals surface area contributed by atoms with Crippen LogP contribution < -0.4 is 0 Å². The van der Waals surface area contributed by atoms with Crippen molar-refractivity contribution in [1.82, 2.24) is 5.06 Å². The van der Waals surface area contributed by atoms with Crippen LogP contribution in [0.2, 0.25) is 0 Å². The maximum absolute atomic E-state index is 12.0. The molecule has 0 aromatic heterocycles. The lowest BCUT2D eigenvalue weighted by Gasteiger charge is -2.26. The number of esters is 1. The molecule has 4 rings (SSSR count). The number of hydroxylamine groups is 2. The van der Waals surface area contributed by atoms with Gasteiger partial charge in [-0.05, 0) is 11.1 Å². The fraction of sp³-hybridized carbons (Fsp3) is 0.190. The number of nitrogens with zero attached hydrogens (tertiary/aromatic N) is 1. The molecule has 2 aromatic carbocycles. The van der Waals surface area contributed by atoms with Crippen LogP contribution in [-0.2, 0) is 32.3 Å². The van der Waals surface area contributed by atoms with E-state index in [9.17, 15) is 4.79 Å². The summed E-state index contributed by atoms with van der Waals surface area (Å²) in [4.78, 5) is 17.8. The maximum atomic E-state index is 12.0. The predicted molar refractivity (Wildman–Crippen MR) is 95.2 cm³/mol. The van der Waals surface area contributed by atoms with Crippen LogP contribution in [0.25, 0.3) is 0 Å². The molecule has 0 unspecified atom stereocenters. The number of carbonyl (C=O) groups excluding carboxylic acids is 1. The van der Waals surface area contributed by atoms with E-state index in [1.54, 1.807) is 11.3 Å². The van der Waals surface area contributed by atoms with Gasteiger partial charge in [-0.3, -0.25) is 9.90 Å². The first kappa shape index (κ1) is 16.4. The van der Waals surface area contributed by atoms with Gasteiger partial charge in [-0.25, -0.2) is 4.79 Å². The van der Waals surface area contributed by atoms with E-state index in [1.165, 1.54) is 0 Å². The topological polar surface area (TPSA) is 48.0 Å². The highest BCUT2D eigenvalue weighted by Crippen LogP contribution is 2.30. The van der Waals surface area contributed by atoms with Gasteiger partial charge in [0.2, 0.25) is 0 Å². The third-order valence-electron chi connectivity index (χ3n) is 4.31. The molecule has 0 radical (unpaired) electrons. The Balaban J connectivity index is 1.47. The lowest BCUT2D eigenvalue weighted by molar-refractivity contribution is -0.142. The van der Waals surface area contributed by atoms with Crippen molar-refractivity contribution < 1.29 is 19.1 Å². The van der Waals surface area contributed by atoms with Crippen molar-refractivity contribution in [1.29, 1.82) is 0 Å². The minimum atomic E-state index is -0.303. The van der Waals surface area contributed by atoms with E-state index in [4.69, 9.17) is 14.3 Å². The van der Waals surface area contributed by atoms with Gasteiger partial charge < -0.3 is 9.47 Å². The van der Waals surface area contributed by atoms with Crippen LogP contribution in [0.4, 0.5) is 0 Å². The van der Waals surface area contributed by atoms with Crippen molar-refractivity contribution in [2.45, 2.75) is 13.2 Å². The molecule has 2 heterocycles. The summed E-state index contributed by atoms with van der Waals surface area (Å²) in [5.41, 5.74) is 3.53. The van der Waals surface area contributed by atoms with E-state index >= 15 is 0 Å². The highest BCUT2D eigenvalue weighted by Gasteiger charge is 2.33. The zero-order chi connectivity index (χ0) is 17.8. The zero-order valence-corrected chi connectivity index (χ0v) is 14.3. The van der Waals surface area contributed by atoms with E-state index in [0.29, 0.717) is 31.1 Å². The Bertz CT molecular complexity index is 843. The van der Waals surface area contributed by atoms with Gasteiger partial charge in [0.25, 0.3) is 0 Å². The molecule has 0 bridgehead atoms. The summed E-state index contributed by atoms with van der Waals surface area (Å²) in [5.74, 6) is 0.316. The standard InChI is InChI=1S/C21H19NO4/c23-21-18-11-22(26-14-17-9-5-2-6-10-17)12-20(19(18)15-25-21)24-13-16-7-3-1-4-8-16/h1-10,12H,11,13-15H2. The molecular weight excluding hydrogens is 330 g/mol. The molecule has 5 heteroatoms. The van der Waals surface area contributed by atoms with Crippen molar-refractivity contribution in [3.05, 3.63) is 94.9 Å². The van der Waals surface area contributed by atoms with Crippen LogP contribution in [0.5, 0.6) is 0 Å². The molecule has 0 saturated carbocycles. The second kappa shape index (κ2) is 7.45. The average molecular weight is 349 g/mol. The summed E-state index contributed by atoms with van der Waals surface area (Å²) < 4.78 is 11.1. The summed E-state index contributed by atoms with van der Waals surface area (Å²) in [6.07, 6.45) is 1.80. The van der Waals surface area contributed by atoms with Crippen LogP contribution in [0.3, 0.4) is 0 Å². The second-order valence-electron chi connectivity index (χ2n) is 6.14. The number of hydrogen-bond donors (Lipinski definition) is 0. The van der Waals surface area contributed by atoms with Gasteiger partial charge >= 0.3 is 5.97 Å². The molecule has 0 saturated heterocycles. The summed E-state index contributed by atoms with van der Waals surface area (Å²) >= 11 is 0. The van der Waals surface area contributed by atoms with E-state index < -0.39 is 0 Å². The van der Waals surface area contributed by atoms with Crippen molar-refractivity contribution in [2.24, 2.45) is 0 Å². The predicted octanol–water partition coefficient (Wildman–Crippen LogP) is 3.35. The smallest absolute Gasteiger partial charge is 0.336 e. The van der Waals surface area contributed by atoms with Crippen molar-refractivity contribution in [3.63, 3.8) is 0 Å². The molecular formula is C21H19NO4. The number of rotatable bonds is 6. The highest BCUT2D eigenvalue weighted by atomic mass is 16.7. The minimum absolute atomic E-state index is 0.251. The summed E-state index contributed by atoms with van der Waals surface area (Å²) in [6.45, 7) is 1.45. The zero-order valence-electron chi connectivity index (χ0n) is 14.3. The molecule has 0 atom stereocenters. The van der Waals surface area contributed by atoms with Crippen LogP contribution in [0.15, 0.2) is 83.8 Å². The SMILES string of the molecule is O=C1OCC2=C1CN(OCc1ccccc1)C=C2OCc1ccccc1. The van der Waals surface area contributed by atoms with Crippen LogP contribution in [-0.4, -0.2) is 24.2 Å². The van der Waals surface area contributed by atoms with Crippen molar-refractivity contribution in [3.8, 4) is 0 Å². The number of cyclic esters (lactones) is 1. The fourth-order valence-corrected chi connectivity index (χ4v) is 2.90. The number of benzene rings is 2. The lowest BCUT2D eigenvalue weighted by Crippen LogP contribution is -2.27. The largest absolute Gasteiger partial charge is 0.487 e. The van der Waals surface area contributed by atoms with Crippen molar-refractivity contribution >= 4 is 5.97 Å². The van der Waals surface area contributed by atoms with Gasteiger partial charge in [-0.15, -0.1) is 0 Å². The van der Waals surface area contributed by atoms with Gasteiger partial charge in [0.05, 0.1) is 24.9 Å². The Morgan fingerprint density at radius 3 is 2.23 bits per heavy atom. The molecule has 132 valence electrons. The molecule has 0 spiro atoms. The lowest BCUT2D eigenvalue weighted by atomic mass is 10.1. The molecule has 2 aromatic rings. The molecule has 0 aliphatic carbocycles. The van der Waals surface area contributed by atoms with Crippen LogP contribution >= 0.6 is 0 Å². The monoisotopic (exact) mass is 349 g/mol. The third-order valence-corrected chi connectivity index (χ3v) is 4.31. The number of ether oxygens (including phenoxy) is 2. The van der Waals surface area contributed by atoms with Gasteiger partial charge in [0.15, 0.2) is 0 Å². The molecule has 2 aliphatic rings. The van der Waals surface area contributed by atoms with E-state index in [0.717, 1.165) is 16.7 Å². The van der Waals surface area contributed by atoms with Crippen molar-refractivity contribution in [2.75, 3.05) is 13.2 Å². The average Bonchev–Trinajstić information content (AvgIpc) is 3.07. The number of carbonyl (C=O) groups is 1. The van der Waals surface area contributed by atoms with E-state index in [1.807, 2.05) is 60.7 Å². The second-order valence-corrected chi connectivity index (χ2v) is 6.14. The Morgan fingerprint density at radius 1 is 0.885 bits per heavy atom. The summed E-state index contributed by atoms with van der Waals surface area (Å²) in [5, 5.41) is 1.64. The minimum Gasteiger partial charge on any atom is -0.487 e. The Labute approximate surface area is 152 Å². The van der Waals surface area contributed by atoms with E-state index in [-0.39, 0.29) is 12.6 Å². The summed E-state index contributed by atoms with van der Waals surface area (Å²) in [7, 11) is 0. The quantitative estimate of drug-likeness (QED) is 0.749. The molecule has 5 nitrogen and oxygen atoms in total. The first-order valence-electron chi connectivity index (χ1n) is 8.51. The van der Waals surface area contributed by atoms with Gasteiger partial charge in [0, 0.05) is 5.57 Å². The van der Waals surface area contributed by atoms with Crippen LogP contribution in [0, 0.1) is 0 Å². The van der Waals surface area contributed by atoms with Gasteiger partial charge in [-0.1, -0.05) is 60.7 Å². The first-order valence-corrected chi connectivity index (χ1v) is 8.51. The number of hydrogen-bond acceptors (Lipinski definition) is 5. The Morgan fingerprint density at radius 2 is 1.54 bits per heavy atom. The Kier molecular flexibility index (Phi) is 4.71. The maximum Gasteiger partial charge on any atom is 0.336 e. The highest BCUT2D eigenvalue weighted by molar-refractivity contribution is 5.93. The van der Waals surface area contributed by atoms with Crippen LogP contribution in [0.1, 0.15) is 11.1 Å². The normalized spacial score (nSPS) is 16.2. The molecule has 26 heavy (non-hydrogen) atoms. The Hall–Kier alpha value is -3.05. The summed E-state index contributed by atoms with van der Waals surface area (Å²) in [6, 6.07) is 19.8. The molecule has 0 amide bonds.